The first-order valence-electron chi connectivity index (χ1n) is 6.26. The van der Waals surface area contributed by atoms with Crippen molar-refractivity contribution in [3.63, 3.8) is 0 Å². The molecule has 0 aliphatic heterocycles. The number of ether oxygens (including phenoxy) is 1. The topological polar surface area (TPSA) is 21.3 Å². The molecule has 0 atom stereocenters. The summed E-state index contributed by atoms with van der Waals surface area (Å²) in [6.45, 7) is 3.47. The van der Waals surface area contributed by atoms with E-state index in [1.54, 1.807) is 7.11 Å². The van der Waals surface area contributed by atoms with Gasteiger partial charge in [-0.3, -0.25) is 0 Å². The Kier molecular flexibility index (Phi) is 4.83. The fourth-order valence-corrected chi connectivity index (χ4v) is 2.25. The number of benzene rings is 2. The lowest BCUT2D eigenvalue weighted by atomic mass is 10.1. The minimum atomic E-state index is 0.614. The second kappa shape index (κ2) is 6.60. The third-order valence-corrected chi connectivity index (χ3v) is 3.33. The van der Waals surface area contributed by atoms with Crippen LogP contribution in [0, 0.1) is 6.92 Å². The molecule has 0 unspecified atom stereocenters. The summed E-state index contributed by atoms with van der Waals surface area (Å²) < 4.78 is 5.20. The Labute approximate surface area is 119 Å². The van der Waals surface area contributed by atoms with Gasteiger partial charge >= 0.3 is 0 Å². The lowest BCUT2D eigenvalue weighted by Gasteiger charge is -2.13. The van der Waals surface area contributed by atoms with Crippen molar-refractivity contribution in [2.24, 2.45) is 0 Å². The van der Waals surface area contributed by atoms with Crippen LogP contribution >= 0.6 is 11.6 Å². The Morgan fingerprint density at radius 3 is 2.63 bits per heavy atom. The van der Waals surface area contributed by atoms with Crippen LogP contribution in [0.3, 0.4) is 0 Å². The molecule has 1 N–H and O–H groups in total. The molecule has 2 rings (SSSR count). The molecule has 0 amide bonds. The quantitative estimate of drug-likeness (QED) is 0.873. The monoisotopic (exact) mass is 275 g/mol. The third kappa shape index (κ3) is 3.72. The third-order valence-electron chi connectivity index (χ3n) is 3.09. The maximum absolute atomic E-state index is 5.96. The number of para-hydroxylation sites is 1. The highest BCUT2D eigenvalue weighted by molar-refractivity contribution is 6.30. The van der Waals surface area contributed by atoms with Gasteiger partial charge in [0.25, 0.3) is 0 Å². The molecule has 0 spiro atoms. The summed E-state index contributed by atoms with van der Waals surface area (Å²) in [6.07, 6.45) is 0. The van der Waals surface area contributed by atoms with E-state index in [9.17, 15) is 0 Å². The molecule has 0 aliphatic rings. The average Bonchev–Trinajstić information content (AvgIpc) is 2.40. The second-order valence-electron chi connectivity index (χ2n) is 4.51. The lowest BCUT2D eigenvalue weighted by molar-refractivity contribution is 0.185. The van der Waals surface area contributed by atoms with Gasteiger partial charge in [-0.25, -0.2) is 0 Å². The Morgan fingerprint density at radius 2 is 1.89 bits per heavy atom. The highest BCUT2D eigenvalue weighted by atomic mass is 35.5. The molecule has 0 bridgehead atoms. The molecule has 2 aromatic carbocycles. The van der Waals surface area contributed by atoms with E-state index in [0.717, 1.165) is 22.8 Å². The first-order chi connectivity index (χ1) is 9.20. The fourth-order valence-electron chi connectivity index (χ4n) is 2.02. The molecule has 3 heteroatoms. The van der Waals surface area contributed by atoms with Gasteiger partial charge < -0.3 is 10.1 Å². The Morgan fingerprint density at radius 1 is 1.11 bits per heavy atom. The Bertz CT molecular complexity index is 554. The number of hydrogen-bond donors (Lipinski definition) is 1. The van der Waals surface area contributed by atoms with Gasteiger partial charge in [-0.15, -0.1) is 0 Å². The molecular formula is C16H18ClNO. The van der Waals surface area contributed by atoms with Crippen LogP contribution < -0.4 is 5.32 Å². The van der Waals surface area contributed by atoms with Crippen LogP contribution in [0.25, 0.3) is 0 Å². The van der Waals surface area contributed by atoms with Crippen LogP contribution in [0.4, 0.5) is 5.69 Å². The van der Waals surface area contributed by atoms with Crippen LogP contribution in [0.1, 0.15) is 16.7 Å². The van der Waals surface area contributed by atoms with E-state index in [1.165, 1.54) is 11.1 Å². The molecule has 2 aromatic rings. The summed E-state index contributed by atoms with van der Waals surface area (Å²) >= 11 is 5.96. The van der Waals surface area contributed by atoms with Gasteiger partial charge in [-0.1, -0.05) is 35.9 Å². The molecule has 0 saturated carbocycles. The van der Waals surface area contributed by atoms with E-state index >= 15 is 0 Å². The summed E-state index contributed by atoms with van der Waals surface area (Å²) in [5.74, 6) is 0. The van der Waals surface area contributed by atoms with Gasteiger partial charge in [-0.2, -0.15) is 0 Å². The molecule has 0 radical (unpaired) electrons. The summed E-state index contributed by atoms with van der Waals surface area (Å²) in [6, 6.07) is 14.2. The number of anilines is 1. The average molecular weight is 276 g/mol. The lowest BCUT2D eigenvalue weighted by Crippen LogP contribution is -2.04. The summed E-state index contributed by atoms with van der Waals surface area (Å²) in [5.41, 5.74) is 4.72. The van der Waals surface area contributed by atoms with Crippen molar-refractivity contribution in [1.82, 2.24) is 0 Å². The highest BCUT2D eigenvalue weighted by Crippen LogP contribution is 2.19. The number of hydrogen-bond acceptors (Lipinski definition) is 2. The molecule has 19 heavy (non-hydrogen) atoms. The fraction of sp³-hybridized carbons (Fsp3) is 0.250. The molecule has 0 fully saturated rings. The van der Waals surface area contributed by atoms with Gasteiger partial charge in [0.15, 0.2) is 0 Å². The van der Waals surface area contributed by atoms with E-state index in [2.05, 4.69) is 30.4 Å². The normalized spacial score (nSPS) is 10.5. The van der Waals surface area contributed by atoms with Crippen molar-refractivity contribution in [2.45, 2.75) is 20.1 Å². The summed E-state index contributed by atoms with van der Waals surface area (Å²) in [5, 5.41) is 4.23. The second-order valence-corrected chi connectivity index (χ2v) is 4.95. The molecular weight excluding hydrogens is 258 g/mol. The molecule has 0 aliphatic carbocycles. The SMILES string of the molecule is COCc1ccccc1NCc1ccc(Cl)cc1C. The Hall–Kier alpha value is -1.51. The van der Waals surface area contributed by atoms with Gasteiger partial charge in [0.05, 0.1) is 6.61 Å². The zero-order chi connectivity index (χ0) is 13.7. The van der Waals surface area contributed by atoms with Crippen molar-refractivity contribution in [2.75, 3.05) is 12.4 Å². The highest BCUT2D eigenvalue weighted by Gasteiger charge is 2.03. The predicted molar refractivity (Wildman–Crippen MR) is 80.7 cm³/mol. The van der Waals surface area contributed by atoms with Crippen molar-refractivity contribution >= 4 is 17.3 Å². The predicted octanol–water partition coefficient (Wildman–Crippen LogP) is 4.41. The van der Waals surface area contributed by atoms with Crippen molar-refractivity contribution in [1.29, 1.82) is 0 Å². The van der Waals surface area contributed by atoms with Crippen LogP contribution in [0.15, 0.2) is 42.5 Å². The first-order valence-corrected chi connectivity index (χ1v) is 6.64. The first kappa shape index (κ1) is 13.9. The molecule has 100 valence electrons. The number of aryl methyl sites for hydroxylation is 1. The molecule has 0 heterocycles. The van der Waals surface area contributed by atoms with E-state index in [4.69, 9.17) is 16.3 Å². The van der Waals surface area contributed by atoms with Crippen molar-refractivity contribution in [3.8, 4) is 0 Å². The van der Waals surface area contributed by atoms with Crippen LogP contribution in [0.2, 0.25) is 5.02 Å². The van der Waals surface area contributed by atoms with E-state index in [1.807, 2.05) is 24.3 Å². The summed E-state index contributed by atoms with van der Waals surface area (Å²) in [4.78, 5) is 0. The van der Waals surface area contributed by atoms with Crippen LogP contribution in [-0.4, -0.2) is 7.11 Å². The smallest absolute Gasteiger partial charge is 0.0733 e. The van der Waals surface area contributed by atoms with Crippen LogP contribution in [-0.2, 0) is 17.9 Å². The zero-order valence-corrected chi connectivity index (χ0v) is 12.0. The van der Waals surface area contributed by atoms with E-state index in [-0.39, 0.29) is 0 Å². The van der Waals surface area contributed by atoms with Crippen molar-refractivity contribution < 1.29 is 4.74 Å². The zero-order valence-electron chi connectivity index (χ0n) is 11.2. The van der Waals surface area contributed by atoms with Gasteiger partial charge in [0.2, 0.25) is 0 Å². The standard InChI is InChI=1S/C16H18ClNO/c1-12-9-15(17)8-7-13(12)10-18-16-6-4-3-5-14(16)11-19-2/h3-9,18H,10-11H2,1-2H3. The van der Waals surface area contributed by atoms with Gasteiger partial charge in [-0.05, 0) is 36.2 Å². The maximum atomic E-state index is 5.96. The molecule has 0 saturated heterocycles. The van der Waals surface area contributed by atoms with Crippen molar-refractivity contribution in [3.05, 3.63) is 64.2 Å². The van der Waals surface area contributed by atoms with Crippen LogP contribution in [0.5, 0.6) is 0 Å². The number of halogens is 1. The largest absolute Gasteiger partial charge is 0.381 e. The Balaban J connectivity index is 2.10. The summed E-state index contributed by atoms with van der Waals surface area (Å²) in [7, 11) is 1.71. The minimum absolute atomic E-state index is 0.614. The van der Waals surface area contributed by atoms with Gasteiger partial charge in [0, 0.05) is 29.9 Å². The maximum Gasteiger partial charge on any atom is 0.0733 e. The number of methoxy groups -OCH3 is 1. The minimum Gasteiger partial charge on any atom is -0.381 e. The van der Waals surface area contributed by atoms with Gasteiger partial charge in [0.1, 0.15) is 0 Å². The molecule has 2 nitrogen and oxygen atoms in total. The number of rotatable bonds is 5. The van der Waals surface area contributed by atoms with E-state index in [0.29, 0.717) is 6.61 Å². The number of nitrogens with one attached hydrogen (secondary N) is 1. The molecule has 0 aromatic heterocycles. The van der Waals surface area contributed by atoms with E-state index < -0.39 is 0 Å².